The lowest BCUT2D eigenvalue weighted by molar-refractivity contribution is 0.0599. The average Bonchev–Trinajstić information content (AvgIpc) is 3.43. The van der Waals surface area contributed by atoms with Gasteiger partial charge in [-0.2, -0.15) is 0 Å². The molecule has 0 bridgehead atoms. The zero-order chi connectivity index (χ0) is 24.0. The average molecular weight is 453 g/mol. The number of hydrogen-bond acceptors (Lipinski definition) is 4. The third-order valence-corrected chi connectivity index (χ3v) is 6.75. The van der Waals surface area contributed by atoms with E-state index in [1.54, 1.807) is 6.07 Å². The van der Waals surface area contributed by atoms with E-state index in [2.05, 4.69) is 67.3 Å². The van der Waals surface area contributed by atoms with E-state index >= 15 is 0 Å². The Morgan fingerprint density at radius 1 is 1.00 bits per heavy atom. The Hall–Kier alpha value is -3.93. The molecule has 0 saturated heterocycles. The molecule has 6 nitrogen and oxygen atoms in total. The SMILES string of the molecule is CCc1nc2c(C)c(C)c(C)nc2n1-c1ccc2c(ccn2Cc2ccccc2C(=O)OC)c1. The van der Waals surface area contributed by atoms with Gasteiger partial charge in [0.05, 0.1) is 12.7 Å². The molecule has 172 valence electrons. The summed E-state index contributed by atoms with van der Waals surface area (Å²) in [4.78, 5) is 22.0. The lowest BCUT2D eigenvalue weighted by Gasteiger charge is -2.12. The zero-order valence-corrected chi connectivity index (χ0v) is 20.2. The van der Waals surface area contributed by atoms with Crippen molar-refractivity contribution in [1.82, 2.24) is 19.1 Å². The van der Waals surface area contributed by atoms with Gasteiger partial charge in [-0.3, -0.25) is 4.57 Å². The molecule has 0 radical (unpaired) electrons. The molecule has 6 heteroatoms. The van der Waals surface area contributed by atoms with Crippen LogP contribution in [0.1, 0.15) is 45.5 Å². The van der Waals surface area contributed by atoms with Crippen LogP contribution < -0.4 is 0 Å². The molecule has 0 amide bonds. The van der Waals surface area contributed by atoms with E-state index in [4.69, 9.17) is 14.7 Å². The predicted octanol–water partition coefficient (Wildman–Crippen LogP) is 5.70. The van der Waals surface area contributed by atoms with Gasteiger partial charge in [0.1, 0.15) is 11.3 Å². The molecule has 3 heterocycles. The molecule has 0 aliphatic rings. The number of rotatable bonds is 5. The molecule has 5 aromatic rings. The molecule has 0 unspecified atom stereocenters. The lowest BCUT2D eigenvalue weighted by Crippen LogP contribution is -2.08. The van der Waals surface area contributed by atoms with Crippen LogP contribution in [0.3, 0.4) is 0 Å². The van der Waals surface area contributed by atoms with Crippen molar-refractivity contribution in [3.05, 3.63) is 88.5 Å². The minimum absolute atomic E-state index is 0.318. The van der Waals surface area contributed by atoms with E-state index in [0.29, 0.717) is 12.1 Å². The van der Waals surface area contributed by atoms with Crippen LogP contribution in [0.25, 0.3) is 27.8 Å². The molecular weight excluding hydrogens is 424 g/mol. The van der Waals surface area contributed by atoms with Gasteiger partial charge in [0.25, 0.3) is 0 Å². The Kier molecular flexibility index (Phi) is 5.44. The van der Waals surface area contributed by atoms with Crippen LogP contribution in [0, 0.1) is 20.8 Å². The number of carbonyl (C=O) groups excluding carboxylic acids is 1. The first-order chi connectivity index (χ1) is 16.4. The van der Waals surface area contributed by atoms with Gasteiger partial charge < -0.3 is 9.30 Å². The molecule has 0 N–H and O–H groups in total. The molecule has 34 heavy (non-hydrogen) atoms. The quantitative estimate of drug-likeness (QED) is 0.321. The summed E-state index contributed by atoms with van der Waals surface area (Å²) in [5.41, 5.74) is 8.96. The standard InChI is InChI=1S/C28H28N4O2/c1-6-25-30-26-18(3)17(2)19(4)29-27(26)32(25)22-11-12-24-20(15-22)13-14-31(24)16-21-9-7-8-10-23(21)28(33)34-5/h7-15H,6,16H2,1-5H3. The van der Waals surface area contributed by atoms with E-state index in [1.807, 2.05) is 18.2 Å². The van der Waals surface area contributed by atoms with Gasteiger partial charge in [-0.1, -0.05) is 25.1 Å². The van der Waals surface area contributed by atoms with Crippen molar-refractivity contribution in [1.29, 1.82) is 0 Å². The van der Waals surface area contributed by atoms with Crippen molar-refractivity contribution in [2.24, 2.45) is 0 Å². The van der Waals surface area contributed by atoms with Gasteiger partial charge in [0.15, 0.2) is 5.65 Å². The number of ether oxygens (including phenoxy) is 1. The minimum Gasteiger partial charge on any atom is -0.465 e. The number of benzene rings is 2. The number of imidazole rings is 1. The van der Waals surface area contributed by atoms with Gasteiger partial charge in [0, 0.05) is 41.4 Å². The molecule has 5 rings (SSSR count). The summed E-state index contributed by atoms with van der Waals surface area (Å²) >= 11 is 0. The van der Waals surface area contributed by atoms with Crippen LogP contribution >= 0.6 is 0 Å². The first-order valence-corrected chi connectivity index (χ1v) is 11.5. The normalized spacial score (nSPS) is 11.4. The van der Waals surface area contributed by atoms with Crippen LogP contribution in [0.2, 0.25) is 0 Å². The lowest BCUT2D eigenvalue weighted by atomic mass is 10.1. The van der Waals surface area contributed by atoms with Gasteiger partial charge in [-0.25, -0.2) is 14.8 Å². The van der Waals surface area contributed by atoms with Gasteiger partial charge in [0.2, 0.25) is 0 Å². The highest BCUT2D eigenvalue weighted by molar-refractivity contribution is 5.91. The summed E-state index contributed by atoms with van der Waals surface area (Å²) in [6.07, 6.45) is 2.88. The van der Waals surface area contributed by atoms with Gasteiger partial charge >= 0.3 is 5.97 Å². The van der Waals surface area contributed by atoms with E-state index in [9.17, 15) is 4.79 Å². The maximum absolute atomic E-state index is 12.2. The fourth-order valence-corrected chi connectivity index (χ4v) is 4.63. The van der Waals surface area contributed by atoms with Crippen LogP contribution in [-0.2, 0) is 17.7 Å². The second-order valence-corrected chi connectivity index (χ2v) is 8.67. The Bertz CT molecular complexity index is 1560. The Morgan fingerprint density at radius 2 is 1.79 bits per heavy atom. The summed E-state index contributed by atoms with van der Waals surface area (Å²) in [6, 6.07) is 16.1. The largest absolute Gasteiger partial charge is 0.465 e. The third-order valence-electron chi connectivity index (χ3n) is 6.75. The van der Waals surface area contributed by atoms with Crippen LogP contribution in [0.15, 0.2) is 54.7 Å². The van der Waals surface area contributed by atoms with Crippen molar-refractivity contribution in [2.75, 3.05) is 7.11 Å². The molecular formula is C28H28N4O2. The van der Waals surface area contributed by atoms with Crippen LogP contribution in [0.4, 0.5) is 0 Å². The summed E-state index contributed by atoms with van der Waals surface area (Å²) in [6.45, 7) is 9.00. The molecule has 0 atom stereocenters. The summed E-state index contributed by atoms with van der Waals surface area (Å²) in [5, 5.41) is 1.12. The topological polar surface area (TPSA) is 61.9 Å². The smallest absolute Gasteiger partial charge is 0.338 e. The number of fused-ring (bicyclic) bond motifs is 2. The number of nitrogens with zero attached hydrogens (tertiary/aromatic N) is 4. The van der Waals surface area contributed by atoms with Crippen LogP contribution in [0.5, 0.6) is 0 Å². The number of aromatic nitrogens is 4. The van der Waals surface area contributed by atoms with E-state index in [0.717, 1.165) is 51.3 Å². The monoisotopic (exact) mass is 452 g/mol. The zero-order valence-electron chi connectivity index (χ0n) is 20.2. The molecule has 2 aromatic carbocycles. The van der Waals surface area contributed by atoms with Crippen molar-refractivity contribution in [3.8, 4) is 5.69 Å². The van der Waals surface area contributed by atoms with Crippen molar-refractivity contribution in [2.45, 2.75) is 40.7 Å². The number of hydrogen-bond donors (Lipinski definition) is 0. The van der Waals surface area contributed by atoms with E-state index in [-0.39, 0.29) is 5.97 Å². The molecule has 0 spiro atoms. The third kappa shape index (κ3) is 3.46. The van der Waals surface area contributed by atoms with Crippen molar-refractivity contribution >= 4 is 28.0 Å². The summed E-state index contributed by atoms with van der Waals surface area (Å²) < 4.78 is 9.29. The number of pyridine rings is 1. The number of aryl methyl sites for hydroxylation is 3. The highest BCUT2D eigenvalue weighted by Crippen LogP contribution is 2.28. The Balaban J connectivity index is 1.60. The molecule has 0 aliphatic heterocycles. The number of esters is 1. The van der Waals surface area contributed by atoms with Gasteiger partial charge in [-0.15, -0.1) is 0 Å². The first kappa shape index (κ1) is 21.9. The van der Waals surface area contributed by atoms with Crippen molar-refractivity contribution in [3.63, 3.8) is 0 Å². The predicted molar refractivity (Wildman–Crippen MR) is 135 cm³/mol. The highest BCUT2D eigenvalue weighted by Gasteiger charge is 2.18. The molecule has 3 aromatic heterocycles. The fourth-order valence-electron chi connectivity index (χ4n) is 4.63. The van der Waals surface area contributed by atoms with E-state index < -0.39 is 0 Å². The Labute approximate surface area is 198 Å². The maximum Gasteiger partial charge on any atom is 0.338 e. The molecule has 0 fully saturated rings. The van der Waals surface area contributed by atoms with Crippen LogP contribution in [-0.4, -0.2) is 32.2 Å². The van der Waals surface area contributed by atoms with E-state index in [1.165, 1.54) is 18.2 Å². The van der Waals surface area contributed by atoms with Gasteiger partial charge in [-0.05, 0) is 67.8 Å². The second-order valence-electron chi connectivity index (χ2n) is 8.67. The number of carbonyl (C=O) groups is 1. The second kappa shape index (κ2) is 8.45. The Morgan fingerprint density at radius 3 is 2.56 bits per heavy atom. The molecule has 0 aliphatic carbocycles. The van der Waals surface area contributed by atoms with Crippen molar-refractivity contribution < 1.29 is 9.53 Å². The number of methoxy groups -OCH3 is 1. The summed E-state index contributed by atoms with van der Waals surface area (Å²) in [7, 11) is 1.41. The minimum atomic E-state index is -0.318. The molecule has 0 saturated carbocycles. The summed E-state index contributed by atoms with van der Waals surface area (Å²) in [5.74, 6) is 0.683. The fraction of sp³-hybridized carbons (Fsp3) is 0.250. The maximum atomic E-state index is 12.2. The highest BCUT2D eigenvalue weighted by atomic mass is 16.5. The first-order valence-electron chi connectivity index (χ1n) is 11.5.